The Bertz CT molecular complexity index is 414. The first kappa shape index (κ1) is 15.7. The van der Waals surface area contributed by atoms with Crippen LogP contribution in [0.15, 0.2) is 18.2 Å². The Hall–Kier alpha value is -0.350. The predicted octanol–water partition coefficient (Wildman–Crippen LogP) is 2.51. The van der Waals surface area contributed by atoms with Gasteiger partial charge in [-0.15, -0.1) is 24.8 Å². The lowest BCUT2D eigenvalue weighted by Crippen LogP contribution is -2.49. The van der Waals surface area contributed by atoms with E-state index in [9.17, 15) is 4.39 Å². The first-order chi connectivity index (χ1) is 7.74. The standard InChI is InChI=1S/C13H17FN2.2ClH/c1-15-6-7-16-5-4-10-8-11(14)2-3-12(10)13(16)9-15;;/h2-3,8,13H,4-7,9H2,1H3;2*1H. The highest BCUT2D eigenvalue weighted by atomic mass is 35.5. The number of piperazine rings is 1. The molecule has 0 bridgehead atoms. The van der Waals surface area contributed by atoms with Crippen LogP contribution in [0.5, 0.6) is 0 Å². The molecule has 2 aliphatic heterocycles. The quantitative estimate of drug-likeness (QED) is 0.725. The van der Waals surface area contributed by atoms with E-state index in [1.165, 1.54) is 11.1 Å². The van der Waals surface area contributed by atoms with E-state index in [0.29, 0.717) is 6.04 Å². The molecule has 1 unspecified atom stereocenters. The lowest BCUT2D eigenvalue weighted by Gasteiger charge is -2.43. The third-order valence-corrected chi connectivity index (χ3v) is 3.83. The molecule has 0 saturated carbocycles. The van der Waals surface area contributed by atoms with Gasteiger partial charge in [0.1, 0.15) is 5.82 Å². The van der Waals surface area contributed by atoms with Gasteiger partial charge in [0.2, 0.25) is 0 Å². The Morgan fingerprint density at radius 1 is 1.17 bits per heavy atom. The topological polar surface area (TPSA) is 6.48 Å². The van der Waals surface area contributed by atoms with E-state index in [0.717, 1.165) is 32.6 Å². The highest BCUT2D eigenvalue weighted by Crippen LogP contribution is 2.32. The van der Waals surface area contributed by atoms with Crippen LogP contribution >= 0.6 is 24.8 Å². The second-order valence-corrected chi connectivity index (χ2v) is 4.91. The number of benzene rings is 1. The van der Waals surface area contributed by atoms with E-state index < -0.39 is 0 Å². The molecule has 1 saturated heterocycles. The number of halogens is 3. The summed E-state index contributed by atoms with van der Waals surface area (Å²) in [5.74, 6) is -0.101. The van der Waals surface area contributed by atoms with Crippen LogP contribution in [0.3, 0.4) is 0 Å². The first-order valence-electron chi connectivity index (χ1n) is 5.95. The van der Waals surface area contributed by atoms with Crippen molar-refractivity contribution in [2.45, 2.75) is 12.5 Å². The molecule has 0 amide bonds. The number of nitrogens with zero attached hydrogens (tertiary/aromatic N) is 2. The molecule has 2 aliphatic rings. The molecule has 0 radical (unpaired) electrons. The maximum atomic E-state index is 13.2. The zero-order chi connectivity index (χ0) is 11.1. The molecule has 0 spiro atoms. The van der Waals surface area contributed by atoms with Crippen LogP contribution in [0, 0.1) is 5.82 Å². The Morgan fingerprint density at radius 3 is 2.72 bits per heavy atom. The average molecular weight is 293 g/mol. The average Bonchev–Trinajstić information content (AvgIpc) is 2.28. The van der Waals surface area contributed by atoms with Crippen molar-refractivity contribution >= 4 is 24.8 Å². The summed E-state index contributed by atoms with van der Waals surface area (Å²) in [5, 5.41) is 0. The molecule has 5 heteroatoms. The van der Waals surface area contributed by atoms with E-state index in [1.807, 2.05) is 6.07 Å². The minimum absolute atomic E-state index is 0. The smallest absolute Gasteiger partial charge is 0.123 e. The van der Waals surface area contributed by atoms with Crippen molar-refractivity contribution in [1.29, 1.82) is 0 Å². The lowest BCUT2D eigenvalue weighted by atomic mass is 9.91. The lowest BCUT2D eigenvalue weighted by molar-refractivity contribution is 0.0824. The van der Waals surface area contributed by atoms with Crippen LogP contribution in [0.2, 0.25) is 0 Å². The van der Waals surface area contributed by atoms with Crippen LogP contribution in [-0.2, 0) is 6.42 Å². The van der Waals surface area contributed by atoms with Crippen LogP contribution in [0.25, 0.3) is 0 Å². The van der Waals surface area contributed by atoms with Crippen LogP contribution in [-0.4, -0.2) is 43.0 Å². The van der Waals surface area contributed by atoms with Gasteiger partial charge in [-0.05, 0) is 36.7 Å². The molecular formula is C13H19Cl2FN2. The third kappa shape index (κ3) is 2.80. The van der Waals surface area contributed by atoms with Gasteiger partial charge in [0.25, 0.3) is 0 Å². The number of fused-ring (bicyclic) bond motifs is 3. The number of hydrogen-bond acceptors (Lipinski definition) is 2. The molecule has 1 atom stereocenters. The van der Waals surface area contributed by atoms with Crippen LogP contribution < -0.4 is 0 Å². The van der Waals surface area contributed by atoms with E-state index in [1.54, 1.807) is 12.1 Å². The maximum absolute atomic E-state index is 13.2. The van der Waals surface area contributed by atoms with Gasteiger partial charge in [0.05, 0.1) is 0 Å². The summed E-state index contributed by atoms with van der Waals surface area (Å²) in [4.78, 5) is 4.89. The molecule has 3 rings (SSSR count). The van der Waals surface area contributed by atoms with E-state index in [4.69, 9.17) is 0 Å². The van der Waals surface area contributed by atoms with Crippen molar-refractivity contribution in [3.8, 4) is 0 Å². The molecule has 1 fully saturated rings. The summed E-state index contributed by atoms with van der Waals surface area (Å²) >= 11 is 0. The van der Waals surface area contributed by atoms with Gasteiger partial charge < -0.3 is 4.90 Å². The van der Waals surface area contributed by atoms with Crippen molar-refractivity contribution < 1.29 is 4.39 Å². The maximum Gasteiger partial charge on any atom is 0.123 e. The molecule has 1 aromatic rings. The van der Waals surface area contributed by atoms with E-state index in [-0.39, 0.29) is 30.6 Å². The molecule has 2 heterocycles. The molecular weight excluding hydrogens is 274 g/mol. The summed E-state index contributed by atoms with van der Waals surface area (Å²) in [5.41, 5.74) is 2.54. The second-order valence-electron chi connectivity index (χ2n) is 4.91. The van der Waals surface area contributed by atoms with Crippen molar-refractivity contribution in [1.82, 2.24) is 9.80 Å². The summed E-state index contributed by atoms with van der Waals surface area (Å²) in [6.07, 6.45) is 0.993. The SMILES string of the molecule is CN1CCN2CCc3cc(F)ccc3C2C1.Cl.Cl. The molecule has 0 N–H and O–H groups in total. The number of rotatable bonds is 0. The summed E-state index contributed by atoms with van der Waals surface area (Å²) < 4.78 is 13.2. The Balaban J connectivity index is 0.000000810. The highest BCUT2D eigenvalue weighted by Gasteiger charge is 2.31. The number of likely N-dealkylation sites (N-methyl/N-ethyl adjacent to an activating group) is 1. The fraction of sp³-hybridized carbons (Fsp3) is 0.538. The Morgan fingerprint density at radius 2 is 1.94 bits per heavy atom. The molecule has 2 nitrogen and oxygen atoms in total. The minimum atomic E-state index is -0.101. The summed E-state index contributed by atoms with van der Waals surface area (Å²) in [6.45, 7) is 4.43. The van der Waals surface area contributed by atoms with Crippen LogP contribution in [0.4, 0.5) is 4.39 Å². The highest BCUT2D eigenvalue weighted by molar-refractivity contribution is 5.85. The van der Waals surface area contributed by atoms with Crippen molar-refractivity contribution in [2.24, 2.45) is 0 Å². The predicted molar refractivity (Wildman–Crippen MR) is 76.4 cm³/mol. The normalized spacial score (nSPS) is 23.3. The van der Waals surface area contributed by atoms with Gasteiger partial charge >= 0.3 is 0 Å². The molecule has 18 heavy (non-hydrogen) atoms. The molecule has 0 aliphatic carbocycles. The van der Waals surface area contributed by atoms with E-state index >= 15 is 0 Å². The zero-order valence-corrected chi connectivity index (χ0v) is 12.1. The second kappa shape index (κ2) is 6.20. The molecule has 0 aromatic heterocycles. The number of hydrogen-bond donors (Lipinski definition) is 0. The Labute approximate surface area is 120 Å². The van der Waals surface area contributed by atoms with Gasteiger partial charge in [0, 0.05) is 32.2 Å². The largest absolute Gasteiger partial charge is 0.303 e. The Kier molecular flexibility index (Phi) is 5.41. The minimum Gasteiger partial charge on any atom is -0.303 e. The van der Waals surface area contributed by atoms with Gasteiger partial charge in [-0.25, -0.2) is 4.39 Å². The fourth-order valence-electron chi connectivity index (χ4n) is 2.90. The van der Waals surface area contributed by atoms with Gasteiger partial charge in [-0.2, -0.15) is 0 Å². The van der Waals surface area contributed by atoms with E-state index in [2.05, 4.69) is 16.8 Å². The van der Waals surface area contributed by atoms with Gasteiger partial charge in [-0.1, -0.05) is 6.07 Å². The molecule has 1 aromatic carbocycles. The van der Waals surface area contributed by atoms with Crippen molar-refractivity contribution in [2.75, 3.05) is 33.2 Å². The molecule has 102 valence electrons. The summed E-state index contributed by atoms with van der Waals surface area (Å²) in [7, 11) is 2.16. The summed E-state index contributed by atoms with van der Waals surface area (Å²) in [6, 6.07) is 5.75. The zero-order valence-electron chi connectivity index (χ0n) is 10.4. The van der Waals surface area contributed by atoms with Crippen LogP contribution in [0.1, 0.15) is 17.2 Å². The fourth-order valence-corrected chi connectivity index (χ4v) is 2.90. The van der Waals surface area contributed by atoms with Gasteiger partial charge in [-0.3, -0.25) is 4.90 Å². The van der Waals surface area contributed by atoms with Crippen molar-refractivity contribution in [3.05, 3.63) is 35.1 Å². The third-order valence-electron chi connectivity index (χ3n) is 3.83. The van der Waals surface area contributed by atoms with Gasteiger partial charge in [0.15, 0.2) is 0 Å². The first-order valence-corrected chi connectivity index (χ1v) is 5.95. The van der Waals surface area contributed by atoms with Crippen molar-refractivity contribution in [3.63, 3.8) is 0 Å². The monoisotopic (exact) mass is 292 g/mol.